The van der Waals surface area contributed by atoms with Crippen LogP contribution in [0.4, 0.5) is 4.79 Å². The Bertz CT molecular complexity index is 654. The minimum atomic E-state index is -0.272. The zero-order valence-corrected chi connectivity index (χ0v) is 13.7. The molecule has 0 saturated heterocycles. The van der Waals surface area contributed by atoms with E-state index in [1.54, 1.807) is 7.11 Å². The third-order valence-corrected chi connectivity index (χ3v) is 3.63. The fourth-order valence-electron chi connectivity index (χ4n) is 2.05. The van der Waals surface area contributed by atoms with Crippen molar-refractivity contribution in [2.45, 2.75) is 20.4 Å². The Kier molecular flexibility index (Phi) is 5.86. The number of benzene rings is 2. The standard InChI is InChI=1S/C18H22N2O3/c1-13-5-4-6-17(14(13)2)23-12-20-18(21)19-11-15-7-9-16(22-3)10-8-15/h4-10H,11-12H2,1-3H3,(H2,19,20,21). The summed E-state index contributed by atoms with van der Waals surface area (Å²) >= 11 is 0. The second-order valence-corrected chi connectivity index (χ2v) is 5.19. The zero-order valence-electron chi connectivity index (χ0n) is 13.7. The van der Waals surface area contributed by atoms with E-state index in [-0.39, 0.29) is 12.8 Å². The average Bonchev–Trinajstić information content (AvgIpc) is 2.57. The number of ether oxygens (including phenoxy) is 2. The van der Waals surface area contributed by atoms with E-state index < -0.39 is 0 Å². The van der Waals surface area contributed by atoms with Crippen molar-refractivity contribution >= 4 is 6.03 Å². The molecule has 23 heavy (non-hydrogen) atoms. The summed E-state index contributed by atoms with van der Waals surface area (Å²) in [6, 6.07) is 13.1. The topological polar surface area (TPSA) is 59.6 Å². The molecule has 0 spiro atoms. The van der Waals surface area contributed by atoms with E-state index >= 15 is 0 Å². The fourth-order valence-corrected chi connectivity index (χ4v) is 2.05. The lowest BCUT2D eigenvalue weighted by Gasteiger charge is -2.12. The van der Waals surface area contributed by atoms with Crippen LogP contribution in [0, 0.1) is 13.8 Å². The summed E-state index contributed by atoms with van der Waals surface area (Å²) < 4.78 is 10.7. The lowest BCUT2D eigenvalue weighted by atomic mass is 10.1. The fraction of sp³-hybridized carbons (Fsp3) is 0.278. The van der Waals surface area contributed by atoms with Crippen LogP contribution < -0.4 is 20.1 Å². The molecule has 0 atom stereocenters. The number of carbonyl (C=O) groups is 1. The van der Waals surface area contributed by atoms with Crippen LogP contribution in [0.25, 0.3) is 0 Å². The summed E-state index contributed by atoms with van der Waals surface area (Å²) in [7, 11) is 1.62. The molecule has 2 aromatic carbocycles. The molecule has 0 aliphatic carbocycles. The second kappa shape index (κ2) is 8.08. The molecular weight excluding hydrogens is 292 g/mol. The summed E-state index contributed by atoms with van der Waals surface area (Å²) in [5, 5.41) is 5.45. The van der Waals surface area contributed by atoms with Crippen LogP contribution in [-0.2, 0) is 6.54 Å². The Balaban J connectivity index is 1.73. The highest BCUT2D eigenvalue weighted by molar-refractivity contribution is 5.73. The first-order valence-corrected chi connectivity index (χ1v) is 7.44. The first-order chi connectivity index (χ1) is 11.1. The third kappa shape index (κ3) is 4.92. The van der Waals surface area contributed by atoms with Crippen LogP contribution in [0.15, 0.2) is 42.5 Å². The summed E-state index contributed by atoms with van der Waals surface area (Å²) in [4.78, 5) is 11.8. The monoisotopic (exact) mass is 314 g/mol. The van der Waals surface area contributed by atoms with Crippen molar-refractivity contribution in [2.24, 2.45) is 0 Å². The van der Waals surface area contributed by atoms with Gasteiger partial charge in [-0.05, 0) is 48.7 Å². The Morgan fingerprint density at radius 3 is 2.48 bits per heavy atom. The number of aryl methyl sites for hydroxylation is 1. The zero-order chi connectivity index (χ0) is 16.7. The van der Waals surface area contributed by atoms with Gasteiger partial charge in [-0.2, -0.15) is 0 Å². The number of hydrogen-bond donors (Lipinski definition) is 2. The van der Waals surface area contributed by atoms with Crippen LogP contribution in [0.3, 0.4) is 0 Å². The Morgan fingerprint density at radius 1 is 1.04 bits per heavy atom. The van der Waals surface area contributed by atoms with Crippen LogP contribution in [0.2, 0.25) is 0 Å². The molecule has 2 aromatic rings. The molecule has 0 aliphatic heterocycles. The predicted molar refractivity (Wildman–Crippen MR) is 89.8 cm³/mol. The van der Waals surface area contributed by atoms with Gasteiger partial charge in [0.05, 0.1) is 7.11 Å². The second-order valence-electron chi connectivity index (χ2n) is 5.19. The van der Waals surface area contributed by atoms with Crippen molar-refractivity contribution in [3.63, 3.8) is 0 Å². The van der Waals surface area contributed by atoms with Gasteiger partial charge in [0, 0.05) is 6.54 Å². The van der Waals surface area contributed by atoms with Gasteiger partial charge >= 0.3 is 6.03 Å². The lowest BCUT2D eigenvalue weighted by molar-refractivity contribution is 0.223. The average molecular weight is 314 g/mol. The first kappa shape index (κ1) is 16.7. The van der Waals surface area contributed by atoms with Crippen molar-refractivity contribution in [2.75, 3.05) is 13.8 Å². The van der Waals surface area contributed by atoms with Crippen molar-refractivity contribution < 1.29 is 14.3 Å². The molecule has 122 valence electrons. The number of nitrogens with one attached hydrogen (secondary N) is 2. The summed E-state index contributed by atoms with van der Waals surface area (Å²) in [5.74, 6) is 1.57. The van der Waals surface area contributed by atoms with Crippen molar-refractivity contribution in [3.8, 4) is 11.5 Å². The SMILES string of the molecule is COc1ccc(CNC(=O)NCOc2cccc(C)c2C)cc1. The van der Waals surface area contributed by atoms with Gasteiger partial charge in [-0.3, -0.25) is 0 Å². The van der Waals surface area contributed by atoms with Crippen LogP contribution >= 0.6 is 0 Å². The largest absolute Gasteiger partial charge is 0.497 e. The molecule has 0 aliphatic rings. The predicted octanol–water partition coefficient (Wildman–Crippen LogP) is 3.15. The third-order valence-electron chi connectivity index (χ3n) is 3.63. The van der Waals surface area contributed by atoms with Crippen molar-refractivity contribution in [1.29, 1.82) is 0 Å². The molecule has 0 radical (unpaired) electrons. The minimum Gasteiger partial charge on any atom is -0.497 e. The molecule has 0 aromatic heterocycles. The summed E-state index contributed by atoms with van der Waals surface area (Å²) in [6.45, 7) is 4.59. The van der Waals surface area contributed by atoms with Gasteiger partial charge < -0.3 is 20.1 Å². The van der Waals surface area contributed by atoms with Crippen LogP contribution in [0.5, 0.6) is 11.5 Å². The number of methoxy groups -OCH3 is 1. The van der Waals surface area contributed by atoms with E-state index in [1.807, 2.05) is 56.3 Å². The van der Waals surface area contributed by atoms with Crippen LogP contribution in [0.1, 0.15) is 16.7 Å². The van der Waals surface area contributed by atoms with Gasteiger partial charge in [-0.25, -0.2) is 4.79 Å². The molecule has 5 heteroatoms. The van der Waals surface area contributed by atoms with Gasteiger partial charge in [0.15, 0.2) is 6.73 Å². The summed E-state index contributed by atoms with van der Waals surface area (Å²) in [6.07, 6.45) is 0. The number of hydrogen-bond acceptors (Lipinski definition) is 3. The molecule has 0 unspecified atom stereocenters. The molecule has 2 rings (SSSR count). The van der Waals surface area contributed by atoms with Gasteiger partial charge in [0.1, 0.15) is 11.5 Å². The number of carbonyl (C=O) groups excluding carboxylic acids is 1. The molecule has 0 bridgehead atoms. The Hall–Kier alpha value is -2.69. The Labute approximate surface area is 136 Å². The molecule has 2 N–H and O–H groups in total. The normalized spacial score (nSPS) is 10.0. The smallest absolute Gasteiger partial charge is 0.317 e. The highest BCUT2D eigenvalue weighted by Gasteiger charge is 2.03. The van der Waals surface area contributed by atoms with E-state index in [9.17, 15) is 4.79 Å². The van der Waals surface area contributed by atoms with Gasteiger partial charge in [0.2, 0.25) is 0 Å². The van der Waals surface area contributed by atoms with Crippen LogP contribution in [-0.4, -0.2) is 19.9 Å². The van der Waals surface area contributed by atoms with E-state index in [1.165, 1.54) is 0 Å². The maximum Gasteiger partial charge on any atom is 0.317 e. The molecule has 5 nitrogen and oxygen atoms in total. The lowest BCUT2D eigenvalue weighted by Crippen LogP contribution is -2.37. The first-order valence-electron chi connectivity index (χ1n) is 7.44. The molecule has 0 heterocycles. The van der Waals surface area contributed by atoms with E-state index in [0.717, 1.165) is 28.2 Å². The number of urea groups is 1. The highest BCUT2D eigenvalue weighted by Crippen LogP contribution is 2.19. The highest BCUT2D eigenvalue weighted by atomic mass is 16.5. The molecular formula is C18H22N2O3. The van der Waals surface area contributed by atoms with Gasteiger partial charge in [-0.1, -0.05) is 24.3 Å². The number of rotatable bonds is 6. The maximum absolute atomic E-state index is 11.8. The maximum atomic E-state index is 11.8. The van der Waals surface area contributed by atoms with E-state index in [0.29, 0.717) is 6.54 Å². The van der Waals surface area contributed by atoms with Gasteiger partial charge in [-0.15, -0.1) is 0 Å². The molecule has 2 amide bonds. The minimum absolute atomic E-state index is 0.124. The molecule has 0 saturated carbocycles. The number of amides is 2. The van der Waals surface area contributed by atoms with E-state index in [4.69, 9.17) is 9.47 Å². The summed E-state index contributed by atoms with van der Waals surface area (Å²) in [5.41, 5.74) is 3.23. The van der Waals surface area contributed by atoms with Gasteiger partial charge in [0.25, 0.3) is 0 Å². The Morgan fingerprint density at radius 2 is 1.78 bits per heavy atom. The molecule has 0 fully saturated rings. The quantitative estimate of drug-likeness (QED) is 0.805. The van der Waals surface area contributed by atoms with Crippen molar-refractivity contribution in [1.82, 2.24) is 10.6 Å². The van der Waals surface area contributed by atoms with E-state index in [2.05, 4.69) is 10.6 Å². The van der Waals surface area contributed by atoms with Crippen molar-refractivity contribution in [3.05, 3.63) is 59.2 Å².